The van der Waals surface area contributed by atoms with Crippen LogP contribution in [0.25, 0.3) is 0 Å². The summed E-state index contributed by atoms with van der Waals surface area (Å²) in [6.45, 7) is 0.521. The van der Waals surface area contributed by atoms with E-state index >= 15 is 0 Å². The molecule has 2 aromatic carbocycles. The van der Waals surface area contributed by atoms with E-state index in [2.05, 4.69) is 18.2 Å². The SMILES string of the molecule is Clc1ccc(Cl)c(OCc2ccc3c(c2)CCC3)c1. The van der Waals surface area contributed by atoms with Crippen LogP contribution in [-0.2, 0) is 19.4 Å². The molecule has 19 heavy (non-hydrogen) atoms. The number of halogens is 2. The van der Waals surface area contributed by atoms with Gasteiger partial charge in [-0.25, -0.2) is 0 Å². The predicted octanol–water partition coefficient (Wildman–Crippen LogP) is 5.06. The van der Waals surface area contributed by atoms with Gasteiger partial charge in [-0.2, -0.15) is 0 Å². The molecule has 0 saturated heterocycles. The van der Waals surface area contributed by atoms with Crippen LogP contribution >= 0.6 is 23.2 Å². The van der Waals surface area contributed by atoms with E-state index in [4.69, 9.17) is 27.9 Å². The van der Waals surface area contributed by atoms with Crippen molar-refractivity contribution in [3.05, 3.63) is 63.1 Å². The fraction of sp³-hybridized carbons (Fsp3) is 0.250. The molecule has 0 amide bonds. The van der Waals surface area contributed by atoms with Gasteiger partial charge in [-0.3, -0.25) is 0 Å². The van der Waals surface area contributed by atoms with Gasteiger partial charge in [-0.05, 0) is 48.1 Å². The molecule has 0 atom stereocenters. The third-order valence-electron chi connectivity index (χ3n) is 3.45. The minimum Gasteiger partial charge on any atom is -0.487 e. The number of aryl methyl sites for hydroxylation is 2. The zero-order valence-electron chi connectivity index (χ0n) is 10.5. The first-order chi connectivity index (χ1) is 9.22. The van der Waals surface area contributed by atoms with Gasteiger partial charge in [-0.15, -0.1) is 0 Å². The molecule has 1 aliphatic carbocycles. The Kier molecular flexibility index (Phi) is 3.67. The third kappa shape index (κ3) is 2.88. The molecule has 2 aromatic rings. The van der Waals surface area contributed by atoms with Crippen molar-refractivity contribution in [3.8, 4) is 5.75 Å². The van der Waals surface area contributed by atoms with E-state index in [0.29, 0.717) is 22.4 Å². The van der Waals surface area contributed by atoms with Gasteiger partial charge in [0.25, 0.3) is 0 Å². The van der Waals surface area contributed by atoms with E-state index in [1.165, 1.54) is 36.0 Å². The van der Waals surface area contributed by atoms with Gasteiger partial charge >= 0.3 is 0 Å². The van der Waals surface area contributed by atoms with Crippen molar-refractivity contribution in [3.63, 3.8) is 0 Å². The quantitative estimate of drug-likeness (QED) is 0.768. The van der Waals surface area contributed by atoms with Crippen molar-refractivity contribution < 1.29 is 4.74 Å². The fourth-order valence-corrected chi connectivity index (χ4v) is 2.80. The van der Waals surface area contributed by atoms with Gasteiger partial charge in [0.1, 0.15) is 12.4 Å². The van der Waals surface area contributed by atoms with Crippen LogP contribution in [0, 0.1) is 0 Å². The van der Waals surface area contributed by atoms with E-state index in [-0.39, 0.29) is 0 Å². The third-order valence-corrected chi connectivity index (χ3v) is 4.00. The molecule has 3 heteroatoms. The van der Waals surface area contributed by atoms with E-state index < -0.39 is 0 Å². The molecule has 0 spiro atoms. The molecule has 0 radical (unpaired) electrons. The number of rotatable bonds is 3. The van der Waals surface area contributed by atoms with E-state index in [1.807, 2.05) is 0 Å². The largest absolute Gasteiger partial charge is 0.487 e. The highest BCUT2D eigenvalue weighted by atomic mass is 35.5. The maximum absolute atomic E-state index is 6.07. The van der Waals surface area contributed by atoms with Crippen LogP contribution in [0.4, 0.5) is 0 Å². The lowest BCUT2D eigenvalue weighted by Crippen LogP contribution is -1.97. The second-order valence-electron chi connectivity index (χ2n) is 4.82. The van der Waals surface area contributed by atoms with Crippen molar-refractivity contribution in [2.24, 2.45) is 0 Å². The molecule has 0 heterocycles. The molecule has 1 nitrogen and oxygen atoms in total. The minimum absolute atomic E-state index is 0.521. The van der Waals surface area contributed by atoms with Gasteiger partial charge in [0.05, 0.1) is 5.02 Å². The molecule has 0 fully saturated rings. The molecular formula is C16H14Cl2O. The summed E-state index contributed by atoms with van der Waals surface area (Å²) in [5.74, 6) is 0.634. The zero-order chi connectivity index (χ0) is 13.2. The van der Waals surface area contributed by atoms with Crippen LogP contribution in [0.3, 0.4) is 0 Å². The second kappa shape index (κ2) is 5.44. The number of hydrogen-bond donors (Lipinski definition) is 0. The molecule has 0 saturated carbocycles. The van der Waals surface area contributed by atoms with Gasteiger partial charge < -0.3 is 4.74 Å². The summed E-state index contributed by atoms with van der Waals surface area (Å²) in [6, 6.07) is 11.8. The summed E-state index contributed by atoms with van der Waals surface area (Å²) >= 11 is 12.0. The maximum atomic E-state index is 6.07. The summed E-state index contributed by atoms with van der Waals surface area (Å²) in [5.41, 5.74) is 4.11. The Labute approximate surface area is 123 Å². The Hall–Kier alpha value is -1.18. The minimum atomic E-state index is 0.521. The number of benzene rings is 2. The van der Waals surface area contributed by atoms with Gasteiger partial charge in [-0.1, -0.05) is 41.4 Å². The zero-order valence-corrected chi connectivity index (χ0v) is 12.0. The molecular weight excluding hydrogens is 279 g/mol. The highest BCUT2D eigenvalue weighted by molar-refractivity contribution is 6.34. The lowest BCUT2D eigenvalue weighted by Gasteiger charge is -2.09. The van der Waals surface area contributed by atoms with Crippen LogP contribution in [-0.4, -0.2) is 0 Å². The molecule has 0 unspecified atom stereocenters. The topological polar surface area (TPSA) is 9.23 Å². The Balaban J connectivity index is 1.74. The van der Waals surface area contributed by atoms with Crippen molar-refractivity contribution in [2.75, 3.05) is 0 Å². The first-order valence-corrected chi connectivity index (χ1v) is 7.16. The molecule has 0 bridgehead atoms. The summed E-state index contributed by atoms with van der Waals surface area (Å²) in [6.07, 6.45) is 3.65. The summed E-state index contributed by atoms with van der Waals surface area (Å²) < 4.78 is 5.75. The average molecular weight is 293 g/mol. The van der Waals surface area contributed by atoms with Crippen LogP contribution in [0.1, 0.15) is 23.1 Å². The Morgan fingerprint density at radius 1 is 0.947 bits per heavy atom. The van der Waals surface area contributed by atoms with Crippen molar-refractivity contribution in [1.29, 1.82) is 0 Å². The van der Waals surface area contributed by atoms with Crippen LogP contribution in [0.5, 0.6) is 5.75 Å². The van der Waals surface area contributed by atoms with Crippen LogP contribution in [0.15, 0.2) is 36.4 Å². The lowest BCUT2D eigenvalue weighted by molar-refractivity contribution is 0.306. The summed E-state index contributed by atoms with van der Waals surface area (Å²) in [5, 5.41) is 1.22. The Morgan fingerprint density at radius 3 is 2.68 bits per heavy atom. The first kappa shape index (κ1) is 12.8. The van der Waals surface area contributed by atoms with Gasteiger partial charge in [0.15, 0.2) is 0 Å². The summed E-state index contributed by atoms with van der Waals surface area (Å²) in [7, 11) is 0. The first-order valence-electron chi connectivity index (χ1n) is 6.41. The van der Waals surface area contributed by atoms with E-state index in [0.717, 1.165) is 0 Å². The maximum Gasteiger partial charge on any atom is 0.139 e. The predicted molar refractivity (Wildman–Crippen MR) is 79.3 cm³/mol. The van der Waals surface area contributed by atoms with Crippen molar-refractivity contribution >= 4 is 23.2 Å². The molecule has 3 rings (SSSR count). The summed E-state index contributed by atoms with van der Waals surface area (Å²) in [4.78, 5) is 0. The highest BCUT2D eigenvalue weighted by Gasteiger charge is 2.11. The van der Waals surface area contributed by atoms with E-state index in [1.54, 1.807) is 18.2 Å². The Bertz CT molecular complexity index is 608. The highest BCUT2D eigenvalue weighted by Crippen LogP contribution is 2.29. The molecule has 0 N–H and O–H groups in total. The lowest BCUT2D eigenvalue weighted by atomic mass is 10.1. The van der Waals surface area contributed by atoms with Crippen molar-refractivity contribution in [2.45, 2.75) is 25.9 Å². The molecule has 98 valence electrons. The second-order valence-corrected chi connectivity index (χ2v) is 5.66. The monoisotopic (exact) mass is 292 g/mol. The molecule has 0 aliphatic heterocycles. The van der Waals surface area contributed by atoms with E-state index in [9.17, 15) is 0 Å². The normalized spacial score (nSPS) is 13.4. The molecule has 0 aromatic heterocycles. The van der Waals surface area contributed by atoms with Crippen molar-refractivity contribution in [1.82, 2.24) is 0 Å². The standard InChI is InChI=1S/C16H14Cl2O/c17-14-6-7-15(18)16(9-14)19-10-11-4-5-12-2-1-3-13(12)8-11/h4-9H,1-3,10H2. The smallest absolute Gasteiger partial charge is 0.139 e. The molecule has 1 aliphatic rings. The average Bonchev–Trinajstić information content (AvgIpc) is 2.87. The van der Waals surface area contributed by atoms with Gasteiger partial charge in [0, 0.05) is 11.1 Å². The Morgan fingerprint density at radius 2 is 1.79 bits per heavy atom. The number of ether oxygens (including phenoxy) is 1. The van der Waals surface area contributed by atoms with Crippen LogP contribution < -0.4 is 4.74 Å². The fourth-order valence-electron chi connectivity index (χ4n) is 2.46. The van der Waals surface area contributed by atoms with Gasteiger partial charge in [0.2, 0.25) is 0 Å². The van der Waals surface area contributed by atoms with Crippen LogP contribution in [0.2, 0.25) is 10.0 Å². The number of fused-ring (bicyclic) bond motifs is 1. The number of hydrogen-bond acceptors (Lipinski definition) is 1.